The average molecular weight is 316 g/mol. The minimum atomic E-state index is -0.418. The van der Waals surface area contributed by atoms with Crippen LogP contribution >= 0.6 is 27.3 Å². The van der Waals surface area contributed by atoms with Gasteiger partial charge in [0.25, 0.3) is 0 Å². The molecule has 0 bridgehead atoms. The summed E-state index contributed by atoms with van der Waals surface area (Å²) in [6.45, 7) is 1.87. The predicted octanol–water partition coefficient (Wildman–Crippen LogP) is 1.86. The van der Waals surface area contributed by atoms with Gasteiger partial charge in [0.2, 0.25) is 0 Å². The van der Waals surface area contributed by atoms with Crippen LogP contribution in [-0.2, 0) is 13.1 Å². The first-order valence-electron chi connectivity index (χ1n) is 5.33. The van der Waals surface area contributed by atoms with Crippen molar-refractivity contribution in [3.05, 3.63) is 39.3 Å². The monoisotopic (exact) mass is 315 g/mol. The molecule has 0 radical (unpaired) electrons. The van der Waals surface area contributed by atoms with Crippen molar-refractivity contribution in [3.63, 3.8) is 0 Å². The molecule has 0 spiro atoms. The first kappa shape index (κ1) is 12.8. The number of hydrogen-bond donors (Lipinski definition) is 2. The number of aliphatic hydroxyl groups is 1. The molecule has 4 nitrogen and oxygen atoms in total. The summed E-state index contributed by atoms with van der Waals surface area (Å²) >= 11 is 5.11. The van der Waals surface area contributed by atoms with Crippen molar-refractivity contribution in [1.29, 1.82) is 0 Å². The molecule has 0 amide bonds. The highest BCUT2D eigenvalue weighted by Crippen LogP contribution is 2.19. The molecule has 2 aromatic rings. The van der Waals surface area contributed by atoms with Crippen molar-refractivity contribution in [2.24, 2.45) is 0 Å². The molecular weight excluding hydrogens is 302 g/mol. The third kappa shape index (κ3) is 4.23. The zero-order valence-electron chi connectivity index (χ0n) is 9.21. The van der Waals surface area contributed by atoms with Crippen molar-refractivity contribution < 1.29 is 5.11 Å². The Hall–Kier alpha value is -0.690. The van der Waals surface area contributed by atoms with Gasteiger partial charge >= 0.3 is 0 Å². The van der Waals surface area contributed by atoms with Gasteiger partial charge in [0, 0.05) is 40.2 Å². The molecular formula is C11H14BrN3OS. The fourth-order valence-electron chi connectivity index (χ4n) is 1.50. The van der Waals surface area contributed by atoms with Gasteiger partial charge in [-0.25, -0.2) is 0 Å². The van der Waals surface area contributed by atoms with Crippen LogP contribution in [-0.4, -0.2) is 27.5 Å². The molecule has 0 fully saturated rings. The molecule has 1 unspecified atom stereocenters. The molecule has 17 heavy (non-hydrogen) atoms. The lowest BCUT2D eigenvalue weighted by Crippen LogP contribution is -2.29. The predicted molar refractivity (Wildman–Crippen MR) is 72.0 cm³/mol. The summed E-state index contributed by atoms with van der Waals surface area (Å²) in [5, 5.41) is 19.1. The summed E-state index contributed by atoms with van der Waals surface area (Å²) in [4.78, 5) is 1.25. The number of aromatic nitrogens is 2. The average Bonchev–Trinajstić information content (AvgIpc) is 2.90. The normalized spacial score (nSPS) is 12.8. The molecule has 0 saturated carbocycles. The van der Waals surface area contributed by atoms with Gasteiger partial charge in [0.1, 0.15) is 0 Å². The van der Waals surface area contributed by atoms with E-state index >= 15 is 0 Å². The zero-order valence-corrected chi connectivity index (χ0v) is 11.6. The smallest absolute Gasteiger partial charge is 0.0860 e. The first-order chi connectivity index (χ1) is 8.24. The number of thiophene rings is 1. The molecule has 2 N–H and O–H groups in total. The van der Waals surface area contributed by atoms with Gasteiger partial charge in [-0.2, -0.15) is 5.10 Å². The van der Waals surface area contributed by atoms with Gasteiger partial charge in [-0.1, -0.05) is 0 Å². The maximum Gasteiger partial charge on any atom is 0.0860 e. The Morgan fingerprint density at radius 3 is 3.12 bits per heavy atom. The largest absolute Gasteiger partial charge is 0.390 e. The molecule has 2 heterocycles. The Morgan fingerprint density at radius 2 is 2.47 bits per heavy atom. The van der Waals surface area contributed by atoms with E-state index in [1.807, 2.05) is 12.3 Å². The summed E-state index contributed by atoms with van der Waals surface area (Å²) in [6, 6.07) is 3.93. The van der Waals surface area contributed by atoms with Crippen molar-refractivity contribution in [3.8, 4) is 0 Å². The van der Waals surface area contributed by atoms with Crippen LogP contribution in [0.3, 0.4) is 0 Å². The van der Waals surface area contributed by atoms with E-state index in [2.05, 4.69) is 37.8 Å². The lowest BCUT2D eigenvalue weighted by atomic mass is 10.3. The number of nitrogens with one attached hydrogen (secondary N) is 1. The molecule has 0 saturated heterocycles. The van der Waals surface area contributed by atoms with E-state index in [4.69, 9.17) is 0 Å². The van der Waals surface area contributed by atoms with Gasteiger partial charge < -0.3 is 10.4 Å². The van der Waals surface area contributed by atoms with Crippen LogP contribution in [0.25, 0.3) is 0 Å². The Balaban J connectivity index is 1.68. The quantitative estimate of drug-likeness (QED) is 0.855. The SMILES string of the molecule is OC(CNCc1cc(Br)cs1)Cn1cccn1. The maximum absolute atomic E-state index is 9.78. The van der Waals surface area contributed by atoms with E-state index in [0.29, 0.717) is 13.1 Å². The second kappa shape index (κ2) is 6.30. The molecule has 92 valence electrons. The number of aliphatic hydroxyl groups excluding tert-OH is 1. The molecule has 0 aromatic carbocycles. The lowest BCUT2D eigenvalue weighted by molar-refractivity contribution is 0.146. The summed E-state index contributed by atoms with van der Waals surface area (Å²) in [6.07, 6.45) is 3.14. The standard InChI is InChI=1S/C11H14BrN3OS/c12-9-4-11(17-8-9)6-13-5-10(16)7-15-3-1-2-14-15/h1-4,8,10,13,16H,5-7H2. The molecule has 0 aliphatic rings. The minimum absolute atomic E-state index is 0.418. The van der Waals surface area contributed by atoms with E-state index in [-0.39, 0.29) is 0 Å². The zero-order chi connectivity index (χ0) is 12.1. The van der Waals surface area contributed by atoms with Crippen LogP contribution in [0.5, 0.6) is 0 Å². The van der Waals surface area contributed by atoms with Crippen LogP contribution in [0, 0.1) is 0 Å². The van der Waals surface area contributed by atoms with Crippen LogP contribution in [0.15, 0.2) is 34.4 Å². The maximum atomic E-state index is 9.78. The van der Waals surface area contributed by atoms with Gasteiger partial charge in [-0.15, -0.1) is 11.3 Å². The summed E-state index contributed by atoms with van der Waals surface area (Å²) in [5.74, 6) is 0. The summed E-state index contributed by atoms with van der Waals surface area (Å²) in [5.41, 5.74) is 0. The Bertz CT molecular complexity index is 443. The Labute approximate surface area is 112 Å². The number of rotatable bonds is 6. The third-order valence-corrected chi connectivity index (χ3v) is 3.96. The highest BCUT2D eigenvalue weighted by Gasteiger charge is 2.05. The van der Waals surface area contributed by atoms with E-state index in [0.717, 1.165) is 11.0 Å². The van der Waals surface area contributed by atoms with Gasteiger partial charge in [0.05, 0.1) is 12.6 Å². The second-order valence-corrected chi connectivity index (χ2v) is 5.66. The van der Waals surface area contributed by atoms with E-state index in [1.54, 1.807) is 22.2 Å². The second-order valence-electron chi connectivity index (χ2n) is 3.74. The fraction of sp³-hybridized carbons (Fsp3) is 0.364. The molecule has 2 aromatic heterocycles. The van der Waals surface area contributed by atoms with Crippen molar-refractivity contribution in [1.82, 2.24) is 15.1 Å². The molecule has 6 heteroatoms. The highest BCUT2D eigenvalue weighted by molar-refractivity contribution is 9.10. The van der Waals surface area contributed by atoms with Crippen molar-refractivity contribution in [2.45, 2.75) is 19.2 Å². The Morgan fingerprint density at radius 1 is 1.59 bits per heavy atom. The minimum Gasteiger partial charge on any atom is -0.390 e. The molecule has 1 atom stereocenters. The fourth-order valence-corrected chi connectivity index (χ4v) is 2.92. The highest BCUT2D eigenvalue weighted by atomic mass is 79.9. The number of halogens is 1. The first-order valence-corrected chi connectivity index (χ1v) is 7.00. The van der Waals surface area contributed by atoms with Gasteiger partial charge in [-0.05, 0) is 28.1 Å². The third-order valence-electron chi connectivity index (χ3n) is 2.26. The summed E-state index contributed by atoms with van der Waals surface area (Å²) in [7, 11) is 0. The van der Waals surface area contributed by atoms with Crippen molar-refractivity contribution >= 4 is 27.3 Å². The number of nitrogens with zero attached hydrogens (tertiary/aromatic N) is 2. The number of hydrogen-bond acceptors (Lipinski definition) is 4. The topological polar surface area (TPSA) is 50.1 Å². The van der Waals surface area contributed by atoms with Gasteiger partial charge in [-0.3, -0.25) is 4.68 Å². The molecule has 0 aliphatic carbocycles. The van der Waals surface area contributed by atoms with Crippen LogP contribution < -0.4 is 5.32 Å². The van der Waals surface area contributed by atoms with Crippen LogP contribution in [0.4, 0.5) is 0 Å². The summed E-state index contributed by atoms with van der Waals surface area (Å²) < 4.78 is 2.84. The van der Waals surface area contributed by atoms with Crippen LogP contribution in [0.2, 0.25) is 0 Å². The van der Waals surface area contributed by atoms with E-state index in [9.17, 15) is 5.11 Å². The van der Waals surface area contributed by atoms with E-state index in [1.165, 1.54) is 4.88 Å². The molecule has 0 aliphatic heterocycles. The Kier molecular flexibility index (Phi) is 4.73. The molecule has 2 rings (SSSR count). The van der Waals surface area contributed by atoms with Crippen molar-refractivity contribution in [2.75, 3.05) is 6.54 Å². The lowest BCUT2D eigenvalue weighted by Gasteiger charge is -2.11. The van der Waals surface area contributed by atoms with E-state index < -0.39 is 6.10 Å². The van der Waals surface area contributed by atoms with Gasteiger partial charge in [0.15, 0.2) is 0 Å². The van der Waals surface area contributed by atoms with Crippen LogP contribution in [0.1, 0.15) is 4.88 Å².